The molecule has 0 spiro atoms. The van der Waals surface area contributed by atoms with Crippen molar-refractivity contribution in [3.63, 3.8) is 0 Å². The lowest BCUT2D eigenvalue weighted by Gasteiger charge is -2.14. The summed E-state index contributed by atoms with van der Waals surface area (Å²) in [6.45, 7) is 2.08. The fraction of sp³-hybridized carbons (Fsp3) is 0.913. The highest BCUT2D eigenvalue weighted by Gasteiger charge is 2.10. The molecule has 5 heteroatoms. The second-order valence-corrected chi connectivity index (χ2v) is 8.05. The summed E-state index contributed by atoms with van der Waals surface area (Å²) in [5.74, 6) is -1.01. The van der Waals surface area contributed by atoms with Gasteiger partial charge in [-0.25, -0.2) is 0 Å². The van der Waals surface area contributed by atoms with Gasteiger partial charge in [-0.15, -0.1) is 0 Å². The molecule has 4 N–H and O–H groups in total. The molecule has 0 aliphatic carbocycles. The third-order valence-electron chi connectivity index (χ3n) is 5.29. The highest BCUT2D eigenvalue weighted by molar-refractivity contribution is 5.80. The highest BCUT2D eigenvalue weighted by Crippen LogP contribution is 2.14. The molecule has 1 amide bonds. The maximum Gasteiger partial charge on any atom is 0.323 e. The summed E-state index contributed by atoms with van der Waals surface area (Å²) < 4.78 is 0. The lowest BCUT2D eigenvalue weighted by molar-refractivity contribution is -0.143. The predicted molar refractivity (Wildman–Crippen MR) is 119 cm³/mol. The van der Waals surface area contributed by atoms with Crippen LogP contribution < -0.4 is 6.15 Å². The van der Waals surface area contributed by atoms with E-state index < -0.39 is 5.97 Å². The van der Waals surface area contributed by atoms with E-state index in [1.165, 1.54) is 101 Å². The van der Waals surface area contributed by atoms with Crippen LogP contribution in [0.15, 0.2) is 0 Å². The van der Waals surface area contributed by atoms with Crippen molar-refractivity contribution >= 4 is 11.9 Å². The van der Waals surface area contributed by atoms with Crippen molar-refractivity contribution in [2.24, 2.45) is 0 Å². The highest BCUT2D eigenvalue weighted by atomic mass is 16.4. The maximum absolute atomic E-state index is 11.7. The summed E-state index contributed by atoms with van der Waals surface area (Å²) in [7, 11) is 1.56. The molecule has 0 radical (unpaired) electrons. The fourth-order valence-electron chi connectivity index (χ4n) is 3.48. The van der Waals surface area contributed by atoms with Crippen LogP contribution in [0.2, 0.25) is 0 Å². The van der Waals surface area contributed by atoms with E-state index in [2.05, 4.69) is 6.92 Å². The number of carboxylic acids is 1. The Kier molecular flexibility index (Phi) is 23.1. The summed E-state index contributed by atoms with van der Waals surface area (Å²) in [4.78, 5) is 23.6. The minimum absolute atomic E-state index is 0. The normalized spacial score (nSPS) is 10.5. The molecule has 0 aromatic heterocycles. The number of nitrogens with zero attached hydrogens (tertiary/aromatic N) is 1. The Morgan fingerprint density at radius 2 is 0.964 bits per heavy atom. The molecular formula is C23H48N2O3. The summed E-state index contributed by atoms with van der Waals surface area (Å²) in [6, 6.07) is 0. The number of carboxylic acid groups (broad SMARTS) is 1. The van der Waals surface area contributed by atoms with Crippen molar-refractivity contribution in [2.75, 3.05) is 13.6 Å². The number of carbonyl (C=O) groups excluding carboxylic acids is 1. The van der Waals surface area contributed by atoms with Gasteiger partial charge >= 0.3 is 5.97 Å². The van der Waals surface area contributed by atoms with Crippen molar-refractivity contribution in [1.29, 1.82) is 0 Å². The SMILES string of the molecule is CCCCCCCCCCCCCCCCCCCC(=O)N(C)CC(=O)O.N. The van der Waals surface area contributed by atoms with Gasteiger partial charge < -0.3 is 16.2 Å². The molecule has 0 aliphatic rings. The summed E-state index contributed by atoms with van der Waals surface area (Å²) in [6.07, 6.45) is 23.0. The second kappa shape index (κ2) is 22.2. The first-order valence-corrected chi connectivity index (χ1v) is 11.5. The topological polar surface area (TPSA) is 92.6 Å². The maximum atomic E-state index is 11.7. The van der Waals surface area contributed by atoms with E-state index in [-0.39, 0.29) is 18.6 Å². The lowest BCUT2D eigenvalue weighted by atomic mass is 10.0. The van der Waals surface area contributed by atoms with Crippen molar-refractivity contribution < 1.29 is 14.7 Å². The molecule has 0 rings (SSSR count). The molecule has 0 aromatic rings. The number of hydrogen-bond donors (Lipinski definition) is 2. The summed E-state index contributed by atoms with van der Waals surface area (Å²) >= 11 is 0. The number of likely N-dealkylation sites (N-methyl/N-ethyl adjacent to an activating group) is 1. The Morgan fingerprint density at radius 1 is 0.643 bits per heavy atom. The van der Waals surface area contributed by atoms with Gasteiger partial charge in [0.2, 0.25) is 5.91 Å². The molecule has 28 heavy (non-hydrogen) atoms. The summed E-state index contributed by atoms with van der Waals surface area (Å²) in [5.41, 5.74) is 0. The van der Waals surface area contributed by atoms with Gasteiger partial charge in [0.15, 0.2) is 0 Å². The zero-order chi connectivity index (χ0) is 20.2. The van der Waals surface area contributed by atoms with Crippen LogP contribution in [0.1, 0.15) is 122 Å². The number of rotatable bonds is 20. The smallest absolute Gasteiger partial charge is 0.323 e. The molecule has 0 unspecified atom stereocenters. The van der Waals surface area contributed by atoms with E-state index in [4.69, 9.17) is 5.11 Å². The first kappa shape index (κ1) is 29.1. The molecule has 0 atom stereocenters. The predicted octanol–water partition coefficient (Wildman–Crippen LogP) is 6.73. The van der Waals surface area contributed by atoms with E-state index >= 15 is 0 Å². The molecule has 0 fully saturated rings. The van der Waals surface area contributed by atoms with E-state index in [0.717, 1.165) is 12.8 Å². The number of unbranched alkanes of at least 4 members (excludes halogenated alkanes) is 16. The molecule has 0 saturated carbocycles. The molecule has 0 saturated heterocycles. The number of hydrogen-bond acceptors (Lipinski definition) is 3. The third-order valence-corrected chi connectivity index (χ3v) is 5.29. The Morgan fingerprint density at radius 3 is 1.29 bits per heavy atom. The van der Waals surface area contributed by atoms with Crippen LogP contribution in [-0.2, 0) is 9.59 Å². The van der Waals surface area contributed by atoms with Gasteiger partial charge in [0.25, 0.3) is 0 Å². The molecule has 0 bridgehead atoms. The Bertz CT molecular complexity index is 362. The lowest BCUT2D eigenvalue weighted by Crippen LogP contribution is -2.31. The zero-order valence-electron chi connectivity index (χ0n) is 18.9. The summed E-state index contributed by atoms with van der Waals surface area (Å²) in [5, 5.41) is 8.66. The van der Waals surface area contributed by atoms with E-state index in [0.29, 0.717) is 6.42 Å². The Labute approximate surface area is 174 Å². The second-order valence-electron chi connectivity index (χ2n) is 8.05. The van der Waals surface area contributed by atoms with Crippen LogP contribution >= 0.6 is 0 Å². The molecule has 0 heterocycles. The monoisotopic (exact) mass is 400 g/mol. The van der Waals surface area contributed by atoms with Crippen LogP contribution in [0, 0.1) is 0 Å². The minimum atomic E-state index is -0.951. The van der Waals surface area contributed by atoms with Crippen LogP contribution in [0.5, 0.6) is 0 Å². The van der Waals surface area contributed by atoms with Gasteiger partial charge in [-0.1, -0.05) is 110 Å². The fourth-order valence-corrected chi connectivity index (χ4v) is 3.48. The first-order valence-electron chi connectivity index (χ1n) is 11.5. The zero-order valence-corrected chi connectivity index (χ0v) is 18.9. The van der Waals surface area contributed by atoms with Gasteiger partial charge in [-0.3, -0.25) is 9.59 Å². The Hall–Kier alpha value is -1.10. The number of carbonyl (C=O) groups is 2. The van der Waals surface area contributed by atoms with Crippen molar-refractivity contribution in [3.05, 3.63) is 0 Å². The van der Waals surface area contributed by atoms with Crippen LogP contribution in [-0.4, -0.2) is 35.5 Å². The number of aliphatic carboxylic acids is 1. The number of amides is 1. The van der Waals surface area contributed by atoms with Gasteiger partial charge in [0.1, 0.15) is 6.54 Å². The van der Waals surface area contributed by atoms with Crippen LogP contribution in [0.3, 0.4) is 0 Å². The van der Waals surface area contributed by atoms with Crippen LogP contribution in [0.25, 0.3) is 0 Å². The molecular weight excluding hydrogens is 352 g/mol. The van der Waals surface area contributed by atoms with Gasteiger partial charge in [0, 0.05) is 13.5 Å². The van der Waals surface area contributed by atoms with E-state index in [1.54, 1.807) is 7.05 Å². The molecule has 5 nitrogen and oxygen atoms in total. The van der Waals surface area contributed by atoms with Gasteiger partial charge in [0.05, 0.1) is 0 Å². The molecule has 0 aliphatic heterocycles. The van der Waals surface area contributed by atoms with Crippen LogP contribution in [0.4, 0.5) is 0 Å². The average Bonchev–Trinajstić information content (AvgIpc) is 2.63. The molecule has 168 valence electrons. The third kappa shape index (κ3) is 21.2. The average molecular weight is 401 g/mol. The van der Waals surface area contributed by atoms with Crippen molar-refractivity contribution in [3.8, 4) is 0 Å². The molecule has 0 aromatic carbocycles. The largest absolute Gasteiger partial charge is 0.480 e. The minimum Gasteiger partial charge on any atom is -0.480 e. The van der Waals surface area contributed by atoms with Crippen molar-refractivity contribution in [1.82, 2.24) is 11.1 Å². The van der Waals surface area contributed by atoms with Crippen molar-refractivity contribution in [2.45, 2.75) is 122 Å². The first-order chi connectivity index (χ1) is 13.1. The standard InChI is InChI=1S/C23H45NO3.H3N/c1-3-4-5-6-7-8-9-10-11-12-13-14-15-16-17-18-19-20-22(25)24(2)21-23(26)27;/h3-21H2,1-2H3,(H,26,27);1H3. The quantitative estimate of drug-likeness (QED) is 0.221. The Balaban J connectivity index is 0. The van der Waals surface area contributed by atoms with E-state index in [9.17, 15) is 9.59 Å². The van der Waals surface area contributed by atoms with E-state index in [1.807, 2.05) is 0 Å². The van der Waals surface area contributed by atoms with Gasteiger partial charge in [-0.05, 0) is 6.42 Å². The van der Waals surface area contributed by atoms with Gasteiger partial charge in [-0.2, -0.15) is 0 Å².